The molecule has 1 aromatic heterocycles. The van der Waals surface area contributed by atoms with Crippen molar-refractivity contribution in [1.29, 1.82) is 0 Å². The summed E-state index contributed by atoms with van der Waals surface area (Å²) in [6.07, 6.45) is 3.60. The molecule has 0 aliphatic carbocycles. The molecule has 34 heavy (non-hydrogen) atoms. The normalized spacial score (nSPS) is 15.1. The molecular formula is C24H31N3O6S. The number of nitrogens with zero attached hydrogens (tertiary/aromatic N) is 2. The van der Waals surface area contributed by atoms with Crippen molar-refractivity contribution >= 4 is 29.4 Å². The van der Waals surface area contributed by atoms with Gasteiger partial charge in [-0.05, 0) is 37.5 Å². The molecule has 2 aromatic rings. The average molecular weight is 490 g/mol. The highest BCUT2D eigenvalue weighted by molar-refractivity contribution is 8.00. The van der Waals surface area contributed by atoms with Gasteiger partial charge in [0.25, 0.3) is 0 Å². The van der Waals surface area contributed by atoms with Crippen molar-refractivity contribution in [3.63, 3.8) is 0 Å². The Balaban J connectivity index is 1.58. The van der Waals surface area contributed by atoms with Gasteiger partial charge in [0.2, 0.25) is 11.8 Å². The molecule has 0 saturated carbocycles. The van der Waals surface area contributed by atoms with Gasteiger partial charge < -0.3 is 29.0 Å². The number of carbonyl (C=O) groups is 2. The molecule has 184 valence electrons. The maximum Gasteiger partial charge on any atom is 0.235 e. The molecule has 1 aliphatic rings. The summed E-state index contributed by atoms with van der Waals surface area (Å²) in [5, 5.41) is 6.39. The summed E-state index contributed by atoms with van der Waals surface area (Å²) in [5.74, 6) is 2.20. The maximum absolute atomic E-state index is 13.1. The van der Waals surface area contributed by atoms with E-state index < -0.39 is 0 Å². The first-order valence-electron chi connectivity index (χ1n) is 11.1. The number of carbonyl (C=O) groups excluding carboxylic acids is 2. The van der Waals surface area contributed by atoms with Gasteiger partial charge in [0, 0.05) is 25.8 Å². The van der Waals surface area contributed by atoms with Crippen molar-refractivity contribution in [2.75, 3.05) is 43.7 Å². The van der Waals surface area contributed by atoms with Gasteiger partial charge in [-0.15, -0.1) is 11.8 Å². The lowest BCUT2D eigenvalue weighted by molar-refractivity contribution is -0.130. The largest absolute Gasteiger partial charge is 0.493 e. The van der Waals surface area contributed by atoms with Gasteiger partial charge in [-0.2, -0.15) is 0 Å². The van der Waals surface area contributed by atoms with Gasteiger partial charge in [0.15, 0.2) is 17.3 Å². The SMILES string of the molecule is C=CCOc1ccc(CN(CC2CCCO2)C(=O)CSCC(=O)Nc2cc(C)on2)cc1OC. The lowest BCUT2D eigenvalue weighted by atomic mass is 10.1. The van der Waals surface area contributed by atoms with Crippen LogP contribution in [0.2, 0.25) is 0 Å². The first kappa shape index (κ1) is 25.6. The minimum atomic E-state index is -0.239. The Labute approximate surface area is 203 Å². The number of anilines is 1. The van der Waals surface area contributed by atoms with E-state index in [0.717, 1.165) is 18.4 Å². The monoisotopic (exact) mass is 489 g/mol. The van der Waals surface area contributed by atoms with E-state index in [1.807, 2.05) is 18.2 Å². The van der Waals surface area contributed by atoms with Gasteiger partial charge in [-0.1, -0.05) is 23.9 Å². The molecule has 0 bridgehead atoms. The fourth-order valence-electron chi connectivity index (χ4n) is 3.51. The van der Waals surface area contributed by atoms with Crippen molar-refractivity contribution in [1.82, 2.24) is 10.1 Å². The van der Waals surface area contributed by atoms with Crippen LogP contribution in [0.1, 0.15) is 24.2 Å². The standard InChI is InChI=1S/C24H31N3O6S/c1-4-9-32-20-8-7-18(12-21(20)30-3)13-27(14-19-6-5-10-31-19)24(29)16-34-15-23(28)25-22-11-17(2)33-26-22/h4,7-8,11-12,19H,1,5-6,9-10,13-16H2,2-3H3,(H,25,26,28). The van der Waals surface area contributed by atoms with Crippen LogP contribution in [0.3, 0.4) is 0 Å². The smallest absolute Gasteiger partial charge is 0.235 e. The molecule has 0 radical (unpaired) electrons. The number of methoxy groups -OCH3 is 1. The molecule has 1 saturated heterocycles. The second kappa shape index (κ2) is 13.0. The van der Waals surface area contributed by atoms with Crippen LogP contribution in [0, 0.1) is 6.92 Å². The van der Waals surface area contributed by atoms with Gasteiger partial charge in [-0.25, -0.2) is 0 Å². The van der Waals surface area contributed by atoms with Crippen LogP contribution < -0.4 is 14.8 Å². The highest BCUT2D eigenvalue weighted by Crippen LogP contribution is 2.29. The van der Waals surface area contributed by atoms with E-state index in [1.165, 1.54) is 11.8 Å². The third-order valence-corrected chi connectivity index (χ3v) is 6.03. The first-order chi connectivity index (χ1) is 16.5. The molecule has 2 heterocycles. The van der Waals surface area contributed by atoms with Gasteiger partial charge in [-0.3, -0.25) is 9.59 Å². The van der Waals surface area contributed by atoms with Crippen molar-refractivity contribution in [3.05, 3.63) is 48.2 Å². The number of hydrogen-bond donors (Lipinski definition) is 1. The van der Waals surface area contributed by atoms with E-state index in [2.05, 4.69) is 17.1 Å². The van der Waals surface area contributed by atoms with Crippen LogP contribution in [0.25, 0.3) is 0 Å². The van der Waals surface area contributed by atoms with E-state index in [-0.39, 0.29) is 29.4 Å². The second-order valence-electron chi connectivity index (χ2n) is 7.86. The predicted octanol–water partition coefficient (Wildman–Crippen LogP) is 3.44. The summed E-state index contributed by atoms with van der Waals surface area (Å²) in [5.41, 5.74) is 0.915. The van der Waals surface area contributed by atoms with E-state index in [0.29, 0.717) is 49.4 Å². The van der Waals surface area contributed by atoms with Crippen molar-refractivity contribution in [2.24, 2.45) is 0 Å². The minimum absolute atomic E-state index is 0.0183. The summed E-state index contributed by atoms with van der Waals surface area (Å²) in [7, 11) is 1.58. The number of thioether (sulfide) groups is 1. The predicted molar refractivity (Wildman–Crippen MR) is 130 cm³/mol. The van der Waals surface area contributed by atoms with E-state index in [4.69, 9.17) is 18.7 Å². The Hall–Kier alpha value is -2.98. The van der Waals surface area contributed by atoms with Crippen LogP contribution in [0.15, 0.2) is 41.4 Å². The number of benzene rings is 1. The number of hydrogen-bond acceptors (Lipinski definition) is 8. The summed E-state index contributed by atoms with van der Waals surface area (Å²) in [6, 6.07) is 7.25. The number of aryl methyl sites for hydroxylation is 1. The van der Waals surface area contributed by atoms with E-state index in [9.17, 15) is 9.59 Å². The van der Waals surface area contributed by atoms with Gasteiger partial charge in [0.1, 0.15) is 12.4 Å². The molecule has 1 aromatic carbocycles. The Morgan fingerprint density at radius 2 is 2.18 bits per heavy atom. The average Bonchev–Trinajstić information content (AvgIpc) is 3.49. The summed E-state index contributed by atoms with van der Waals surface area (Å²) in [4.78, 5) is 27.0. The zero-order valence-corrected chi connectivity index (χ0v) is 20.4. The third-order valence-electron chi connectivity index (χ3n) is 5.11. The van der Waals surface area contributed by atoms with Gasteiger partial charge in [0.05, 0.1) is 24.7 Å². The highest BCUT2D eigenvalue weighted by atomic mass is 32.2. The molecule has 1 atom stereocenters. The second-order valence-corrected chi connectivity index (χ2v) is 8.84. The fraction of sp³-hybridized carbons (Fsp3) is 0.458. The first-order valence-corrected chi connectivity index (χ1v) is 12.2. The number of amides is 2. The number of rotatable bonds is 13. The molecule has 9 nitrogen and oxygen atoms in total. The summed E-state index contributed by atoms with van der Waals surface area (Å²) < 4.78 is 21.8. The van der Waals surface area contributed by atoms with Crippen molar-refractivity contribution < 1.29 is 28.3 Å². The molecule has 1 fully saturated rings. The molecule has 1 aliphatic heterocycles. The molecule has 3 rings (SSSR count). The third kappa shape index (κ3) is 7.81. The molecule has 10 heteroatoms. The number of nitrogens with one attached hydrogen (secondary N) is 1. The van der Waals surface area contributed by atoms with Crippen molar-refractivity contribution in [3.8, 4) is 11.5 Å². The molecule has 1 unspecified atom stereocenters. The van der Waals surface area contributed by atoms with Crippen LogP contribution in [0.5, 0.6) is 11.5 Å². The maximum atomic E-state index is 13.1. The Kier molecular flexibility index (Phi) is 9.84. The van der Waals surface area contributed by atoms with Gasteiger partial charge >= 0.3 is 0 Å². The van der Waals surface area contributed by atoms with Crippen LogP contribution >= 0.6 is 11.8 Å². The molecule has 2 amide bonds. The van der Waals surface area contributed by atoms with E-state index >= 15 is 0 Å². The molecule has 0 spiro atoms. The lowest BCUT2D eigenvalue weighted by Crippen LogP contribution is -2.38. The Bertz CT molecular complexity index is 973. The fourth-order valence-corrected chi connectivity index (χ4v) is 4.23. The Morgan fingerprint density at radius 1 is 1.32 bits per heavy atom. The number of ether oxygens (including phenoxy) is 3. The van der Waals surface area contributed by atoms with E-state index in [1.54, 1.807) is 31.1 Å². The van der Waals surface area contributed by atoms with Crippen molar-refractivity contribution in [2.45, 2.75) is 32.4 Å². The number of aromatic nitrogens is 1. The lowest BCUT2D eigenvalue weighted by Gasteiger charge is -2.26. The topological polar surface area (TPSA) is 103 Å². The van der Waals surface area contributed by atoms with Crippen LogP contribution in [0.4, 0.5) is 5.82 Å². The Morgan fingerprint density at radius 3 is 2.85 bits per heavy atom. The zero-order valence-electron chi connectivity index (χ0n) is 19.6. The van der Waals surface area contributed by atoms with Crippen LogP contribution in [-0.2, 0) is 20.9 Å². The quantitative estimate of drug-likeness (QED) is 0.427. The minimum Gasteiger partial charge on any atom is -0.493 e. The summed E-state index contributed by atoms with van der Waals surface area (Å²) in [6.45, 7) is 7.40. The molecule has 1 N–H and O–H groups in total. The molecular weight excluding hydrogens is 458 g/mol. The zero-order chi connectivity index (χ0) is 24.3. The van der Waals surface area contributed by atoms with Crippen LogP contribution in [-0.4, -0.2) is 66.3 Å². The summed E-state index contributed by atoms with van der Waals surface area (Å²) >= 11 is 1.25. The highest BCUT2D eigenvalue weighted by Gasteiger charge is 2.23.